The summed E-state index contributed by atoms with van der Waals surface area (Å²) in [6, 6.07) is 8.83. The van der Waals surface area contributed by atoms with E-state index in [1.54, 1.807) is 12.1 Å². The summed E-state index contributed by atoms with van der Waals surface area (Å²) in [5, 5.41) is 2.64. The van der Waals surface area contributed by atoms with Gasteiger partial charge < -0.3 is 10.3 Å². The van der Waals surface area contributed by atoms with Gasteiger partial charge in [0.1, 0.15) is 5.69 Å². The molecule has 2 N–H and O–H groups in total. The number of benzene rings is 1. The van der Waals surface area contributed by atoms with E-state index in [4.69, 9.17) is 11.6 Å². The maximum Gasteiger partial charge on any atom is 0.331 e. The Bertz CT molecular complexity index is 897. The molecular formula is C14H11ClN4O2. The van der Waals surface area contributed by atoms with Crippen molar-refractivity contribution in [2.75, 3.05) is 7.05 Å². The Kier molecular flexibility index (Phi) is 3.23. The molecule has 0 aliphatic carbocycles. The quantitative estimate of drug-likeness (QED) is 0.756. The molecule has 0 unspecified atom stereocenters. The Morgan fingerprint density at radius 1 is 1.38 bits per heavy atom. The number of fused-ring (bicyclic) bond motifs is 1. The summed E-state index contributed by atoms with van der Waals surface area (Å²) in [6.07, 6.45) is 1.44. The number of hydrogen-bond acceptors (Lipinski definition) is 3. The van der Waals surface area contributed by atoms with E-state index in [2.05, 4.69) is 15.3 Å². The number of pyridine rings is 1. The highest BCUT2D eigenvalue weighted by Crippen LogP contribution is 2.20. The van der Waals surface area contributed by atoms with E-state index in [1.165, 1.54) is 17.8 Å². The molecule has 0 atom stereocenters. The van der Waals surface area contributed by atoms with Crippen LogP contribution in [0.5, 0.6) is 0 Å². The van der Waals surface area contributed by atoms with Crippen LogP contribution < -0.4 is 11.0 Å². The normalized spacial score (nSPS) is 10.8. The van der Waals surface area contributed by atoms with Crippen molar-refractivity contribution in [2.24, 2.45) is 0 Å². The third-order valence-electron chi connectivity index (χ3n) is 3.12. The second-order valence-electron chi connectivity index (χ2n) is 4.39. The van der Waals surface area contributed by atoms with Gasteiger partial charge in [-0.1, -0.05) is 23.7 Å². The first-order valence-electron chi connectivity index (χ1n) is 6.19. The molecule has 0 saturated carbocycles. The topological polar surface area (TPSA) is 79.8 Å². The highest BCUT2D eigenvalue weighted by atomic mass is 35.5. The van der Waals surface area contributed by atoms with Gasteiger partial charge in [-0.05, 0) is 18.2 Å². The lowest BCUT2D eigenvalue weighted by molar-refractivity contribution is 0.0958. The number of rotatable bonds is 2. The molecule has 3 aromatic rings. The van der Waals surface area contributed by atoms with E-state index < -0.39 is 0 Å². The molecule has 2 heterocycles. The molecule has 0 fully saturated rings. The number of halogens is 1. The fourth-order valence-corrected chi connectivity index (χ4v) is 2.39. The molecule has 21 heavy (non-hydrogen) atoms. The fourth-order valence-electron chi connectivity index (χ4n) is 2.15. The summed E-state index contributed by atoms with van der Waals surface area (Å²) < 4.78 is 1.46. The molecule has 0 aliphatic rings. The lowest BCUT2D eigenvalue weighted by Crippen LogP contribution is -2.20. The van der Waals surface area contributed by atoms with Gasteiger partial charge in [0.25, 0.3) is 5.91 Å². The predicted molar refractivity (Wildman–Crippen MR) is 80.1 cm³/mol. The van der Waals surface area contributed by atoms with Crippen LogP contribution in [-0.2, 0) is 0 Å². The maximum absolute atomic E-state index is 12.1. The summed E-state index contributed by atoms with van der Waals surface area (Å²) in [6.45, 7) is 0. The number of aromatic amines is 1. The average Bonchev–Trinajstić information content (AvgIpc) is 2.82. The highest BCUT2D eigenvalue weighted by molar-refractivity contribution is 6.33. The number of nitrogens with one attached hydrogen (secondary N) is 2. The van der Waals surface area contributed by atoms with E-state index >= 15 is 0 Å². The Hall–Kier alpha value is -2.60. The SMILES string of the molecule is CNC(=O)c1ncc(-n2c(=O)[nH]c3ccccc32)cc1Cl. The molecule has 0 aliphatic heterocycles. The number of carbonyl (C=O) groups is 1. The minimum absolute atomic E-state index is 0.121. The van der Waals surface area contributed by atoms with Crippen LogP contribution in [0.1, 0.15) is 10.5 Å². The number of aromatic nitrogens is 3. The number of imidazole rings is 1. The molecule has 7 heteroatoms. The van der Waals surface area contributed by atoms with Crippen LogP contribution in [0.2, 0.25) is 5.02 Å². The van der Waals surface area contributed by atoms with Crippen molar-refractivity contribution >= 4 is 28.5 Å². The second kappa shape index (κ2) is 5.06. The van der Waals surface area contributed by atoms with Crippen molar-refractivity contribution in [3.63, 3.8) is 0 Å². The van der Waals surface area contributed by atoms with Crippen LogP contribution >= 0.6 is 11.6 Å². The highest BCUT2D eigenvalue weighted by Gasteiger charge is 2.14. The van der Waals surface area contributed by atoms with Crippen molar-refractivity contribution in [1.82, 2.24) is 19.9 Å². The minimum Gasteiger partial charge on any atom is -0.354 e. The molecule has 0 saturated heterocycles. The Balaban J connectivity index is 2.20. The molecule has 2 aromatic heterocycles. The first kappa shape index (κ1) is 13.4. The van der Waals surface area contributed by atoms with Crippen molar-refractivity contribution in [3.8, 4) is 5.69 Å². The van der Waals surface area contributed by atoms with Crippen molar-refractivity contribution in [2.45, 2.75) is 0 Å². The van der Waals surface area contributed by atoms with Crippen molar-refractivity contribution in [3.05, 3.63) is 57.7 Å². The second-order valence-corrected chi connectivity index (χ2v) is 4.79. The Morgan fingerprint density at radius 2 is 2.14 bits per heavy atom. The number of para-hydroxylation sites is 2. The molecule has 0 spiro atoms. The molecule has 3 rings (SSSR count). The van der Waals surface area contributed by atoms with Gasteiger partial charge in [0.2, 0.25) is 0 Å². The molecule has 1 aromatic carbocycles. The summed E-state index contributed by atoms with van der Waals surface area (Å²) in [5.41, 5.74) is 1.76. The number of nitrogens with zero attached hydrogens (tertiary/aromatic N) is 2. The summed E-state index contributed by atoms with van der Waals surface area (Å²) >= 11 is 6.07. The number of H-pyrrole nitrogens is 1. The Labute approximate surface area is 124 Å². The van der Waals surface area contributed by atoms with Gasteiger partial charge >= 0.3 is 5.69 Å². The van der Waals surface area contributed by atoms with E-state index in [-0.39, 0.29) is 22.3 Å². The van der Waals surface area contributed by atoms with Crippen LogP contribution in [0.25, 0.3) is 16.7 Å². The molecular weight excluding hydrogens is 292 g/mol. The van der Waals surface area contributed by atoms with Gasteiger partial charge in [-0.2, -0.15) is 0 Å². The molecule has 1 amide bonds. The van der Waals surface area contributed by atoms with Gasteiger partial charge in [-0.25, -0.2) is 9.78 Å². The third kappa shape index (κ3) is 2.19. The lowest BCUT2D eigenvalue weighted by Gasteiger charge is -2.06. The van der Waals surface area contributed by atoms with E-state index in [9.17, 15) is 9.59 Å². The third-order valence-corrected chi connectivity index (χ3v) is 3.40. The average molecular weight is 303 g/mol. The van der Waals surface area contributed by atoms with Gasteiger partial charge in [-0.15, -0.1) is 0 Å². The zero-order valence-electron chi connectivity index (χ0n) is 11.1. The largest absolute Gasteiger partial charge is 0.354 e. The van der Waals surface area contributed by atoms with E-state index in [1.807, 2.05) is 18.2 Å². The number of carbonyl (C=O) groups excluding carboxylic acids is 1. The van der Waals surface area contributed by atoms with Gasteiger partial charge in [0, 0.05) is 7.05 Å². The Morgan fingerprint density at radius 3 is 2.86 bits per heavy atom. The van der Waals surface area contributed by atoms with Crippen LogP contribution in [0, 0.1) is 0 Å². The first-order valence-corrected chi connectivity index (χ1v) is 6.57. The maximum atomic E-state index is 12.1. The zero-order valence-corrected chi connectivity index (χ0v) is 11.8. The van der Waals surface area contributed by atoms with Gasteiger partial charge in [0.15, 0.2) is 0 Å². The van der Waals surface area contributed by atoms with Crippen LogP contribution in [0.3, 0.4) is 0 Å². The monoisotopic (exact) mass is 302 g/mol. The van der Waals surface area contributed by atoms with E-state index in [0.29, 0.717) is 16.7 Å². The zero-order chi connectivity index (χ0) is 15.0. The smallest absolute Gasteiger partial charge is 0.331 e. The number of hydrogen-bond donors (Lipinski definition) is 2. The van der Waals surface area contributed by atoms with E-state index in [0.717, 1.165) is 0 Å². The molecule has 0 radical (unpaired) electrons. The number of amides is 1. The van der Waals surface area contributed by atoms with Gasteiger partial charge in [-0.3, -0.25) is 9.36 Å². The summed E-state index contributed by atoms with van der Waals surface area (Å²) in [4.78, 5) is 30.4. The first-order chi connectivity index (χ1) is 10.1. The minimum atomic E-state index is -0.377. The standard InChI is InChI=1S/C14H11ClN4O2/c1-16-13(20)12-9(15)6-8(7-17-12)19-11-5-3-2-4-10(11)18-14(19)21/h2-7H,1H3,(H,16,20)(H,18,21). The molecule has 106 valence electrons. The van der Waals surface area contributed by atoms with Gasteiger partial charge in [0.05, 0.1) is 27.9 Å². The molecule has 6 nitrogen and oxygen atoms in total. The molecule has 0 bridgehead atoms. The van der Waals surface area contributed by atoms with Crippen LogP contribution in [-0.4, -0.2) is 27.5 Å². The summed E-state index contributed by atoms with van der Waals surface area (Å²) in [7, 11) is 1.50. The lowest BCUT2D eigenvalue weighted by atomic mass is 10.3. The predicted octanol–water partition coefficient (Wildman–Crippen LogP) is 1.73. The van der Waals surface area contributed by atoms with Crippen LogP contribution in [0.15, 0.2) is 41.3 Å². The van der Waals surface area contributed by atoms with Crippen LogP contribution in [0.4, 0.5) is 0 Å². The fraction of sp³-hybridized carbons (Fsp3) is 0.0714. The summed E-state index contributed by atoms with van der Waals surface area (Å²) in [5.74, 6) is -0.377. The van der Waals surface area contributed by atoms with Crippen molar-refractivity contribution < 1.29 is 4.79 Å². The van der Waals surface area contributed by atoms with Crippen molar-refractivity contribution in [1.29, 1.82) is 0 Å².